The number of nitrogens with two attached hydrogens (primary N) is 2. The van der Waals surface area contributed by atoms with Crippen LogP contribution in [0.15, 0.2) is 30.5 Å². The summed E-state index contributed by atoms with van der Waals surface area (Å²) in [6.07, 6.45) is 1.77. The van der Waals surface area contributed by atoms with Gasteiger partial charge in [0.1, 0.15) is 5.82 Å². The van der Waals surface area contributed by atoms with Crippen molar-refractivity contribution in [2.24, 2.45) is 5.73 Å². The molecule has 0 aliphatic rings. The second kappa shape index (κ2) is 3.69. The molecule has 0 radical (unpaired) electrons. The topological polar surface area (TPSA) is 86.9 Å². The van der Waals surface area contributed by atoms with E-state index in [1.165, 1.54) is 0 Å². The summed E-state index contributed by atoms with van der Waals surface area (Å²) in [4.78, 5) is 11.0. The van der Waals surface area contributed by atoms with Crippen LogP contribution >= 0.6 is 0 Å². The zero-order chi connectivity index (χ0) is 11.7. The number of nitrogens with zero attached hydrogens (tertiary/aromatic N) is 2. The number of anilines is 1. The average Bonchev–Trinajstić information content (AvgIpc) is 2.64. The van der Waals surface area contributed by atoms with Crippen molar-refractivity contribution in [1.82, 2.24) is 9.78 Å². The highest BCUT2D eigenvalue weighted by molar-refractivity contribution is 5.93. The maximum Gasteiger partial charge on any atom is 0.248 e. The quantitative estimate of drug-likeness (QED) is 0.780. The number of benzene rings is 1. The van der Waals surface area contributed by atoms with Gasteiger partial charge in [-0.25, -0.2) is 4.68 Å². The molecule has 0 bridgehead atoms. The lowest BCUT2D eigenvalue weighted by atomic mass is 10.1. The molecule has 1 amide bonds. The minimum absolute atomic E-state index is 0.436. The van der Waals surface area contributed by atoms with E-state index in [0.717, 1.165) is 11.3 Å². The van der Waals surface area contributed by atoms with Gasteiger partial charge in [0.05, 0.1) is 5.69 Å². The SMILES string of the molecule is Cc1cc(C(N)=O)ccc1-n1ccc(N)n1. The first kappa shape index (κ1) is 10.2. The molecule has 1 aromatic heterocycles. The lowest BCUT2D eigenvalue weighted by Crippen LogP contribution is -2.11. The van der Waals surface area contributed by atoms with Crippen LogP contribution in [0, 0.1) is 6.92 Å². The van der Waals surface area contributed by atoms with Gasteiger partial charge in [0.2, 0.25) is 5.91 Å². The normalized spacial score (nSPS) is 10.3. The summed E-state index contributed by atoms with van der Waals surface area (Å²) in [6, 6.07) is 6.90. The zero-order valence-electron chi connectivity index (χ0n) is 8.84. The Bertz CT molecular complexity index is 545. The lowest BCUT2D eigenvalue weighted by molar-refractivity contribution is 0.1000. The fourth-order valence-corrected chi connectivity index (χ4v) is 1.54. The minimum atomic E-state index is -0.436. The van der Waals surface area contributed by atoms with Crippen molar-refractivity contribution in [2.45, 2.75) is 6.92 Å². The maximum atomic E-state index is 11.0. The monoisotopic (exact) mass is 216 g/mol. The van der Waals surface area contributed by atoms with Crippen molar-refractivity contribution in [1.29, 1.82) is 0 Å². The molecule has 5 nitrogen and oxygen atoms in total. The third kappa shape index (κ3) is 1.75. The molecule has 0 aliphatic heterocycles. The molecule has 1 heterocycles. The number of carbonyl (C=O) groups is 1. The number of aromatic nitrogens is 2. The summed E-state index contributed by atoms with van der Waals surface area (Å²) in [5, 5.41) is 4.09. The van der Waals surface area contributed by atoms with Crippen LogP contribution in [0.25, 0.3) is 5.69 Å². The molecule has 1 aromatic carbocycles. The van der Waals surface area contributed by atoms with Crippen LogP contribution < -0.4 is 11.5 Å². The first-order valence-electron chi connectivity index (χ1n) is 4.80. The van der Waals surface area contributed by atoms with Crippen LogP contribution in [-0.4, -0.2) is 15.7 Å². The van der Waals surface area contributed by atoms with Crippen molar-refractivity contribution in [3.63, 3.8) is 0 Å². The van der Waals surface area contributed by atoms with Gasteiger partial charge in [0, 0.05) is 17.8 Å². The predicted octanol–water partition coefficient (Wildman–Crippen LogP) is 0.862. The second-order valence-electron chi connectivity index (χ2n) is 3.55. The van der Waals surface area contributed by atoms with Crippen LogP contribution in [0.1, 0.15) is 15.9 Å². The highest BCUT2D eigenvalue weighted by atomic mass is 16.1. The van der Waals surface area contributed by atoms with Gasteiger partial charge in [-0.3, -0.25) is 4.79 Å². The van der Waals surface area contributed by atoms with Gasteiger partial charge in [0.15, 0.2) is 0 Å². The Morgan fingerprint density at radius 1 is 1.38 bits per heavy atom. The smallest absolute Gasteiger partial charge is 0.248 e. The Hall–Kier alpha value is -2.30. The fourth-order valence-electron chi connectivity index (χ4n) is 1.54. The molecule has 16 heavy (non-hydrogen) atoms. The molecule has 4 N–H and O–H groups in total. The lowest BCUT2D eigenvalue weighted by Gasteiger charge is -2.06. The molecule has 0 aliphatic carbocycles. The standard InChI is InChI=1S/C11H12N4O/c1-7-6-8(11(13)16)2-3-9(7)15-5-4-10(12)14-15/h2-6H,1H3,(H2,12,14)(H2,13,16). The molecule has 0 unspecified atom stereocenters. The Kier molecular flexibility index (Phi) is 2.36. The van der Waals surface area contributed by atoms with Gasteiger partial charge in [-0.05, 0) is 30.7 Å². The number of amides is 1. The van der Waals surface area contributed by atoms with E-state index in [1.807, 2.05) is 6.92 Å². The van der Waals surface area contributed by atoms with Crippen LogP contribution in [0.4, 0.5) is 5.82 Å². The van der Waals surface area contributed by atoms with Crippen molar-refractivity contribution in [3.8, 4) is 5.69 Å². The number of carbonyl (C=O) groups excluding carboxylic acids is 1. The van der Waals surface area contributed by atoms with E-state index in [4.69, 9.17) is 11.5 Å². The highest BCUT2D eigenvalue weighted by Crippen LogP contribution is 2.15. The predicted molar refractivity (Wildman–Crippen MR) is 61.2 cm³/mol. The van der Waals surface area contributed by atoms with Gasteiger partial charge >= 0.3 is 0 Å². The van der Waals surface area contributed by atoms with E-state index in [-0.39, 0.29) is 0 Å². The van der Waals surface area contributed by atoms with E-state index < -0.39 is 5.91 Å². The number of hydrogen-bond acceptors (Lipinski definition) is 3. The summed E-state index contributed by atoms with van der Waals surface area (Å²) in [7, 11) is 0. The summed E-state index contributed by atoms with van der Waals surface area (Å²) < 4.78 is 1.66. The van der Waals surface area contributed by atoms with Gasteiger partial charge in [0.25, 0.3) is 0 Å². The third-order valence-electron chi connectivity index (χ3n) is 2.34. The van der Waals surface area contributed by atoms with Crippen LogP contribution in [0.2, 0.25) is 0 Å². The van der Waals surface area contributed by atoms with Crippen molar-refractivity contribution >= 4 is 11.7 Å². The van der Waals surface area contributed by atoms with E-state index in [2.05, 4.69) is 5.10 Å². The minimum Gasteiger partial charge on any atom is -0.382 e. The molecule has 82 valence electrons. The zero-order valence-corrected chi connectivity index (χ0v) is 8.84. The van der Waals surface area contributed by atoms with Crippen LogP contribution in [-0.2, 0) is 0 Å². The third-order valence-corrected chi connectivity index (χ3v) is 2.34. The Labute approximate surface area is 92.7 Å². The van der Waals surface area contributed by atoms with E-state index in [0.29, 0.717) is 11.4 Å². The second-order valence-corrected chi connectivity index (χ2v) is 3.55. The van der Waals surface area contributed by atoms with Gasteiger partial charge in [-0.2, -0.15) is 5.10 Å². The summed E-state index contributed by atoms with van der Waals surface area (Å²) >= 11 is 0. The highest BCUT2D eigenvalue weighted by Gasteiger charge is 2.06. The molecule has 0 atom stereocenters. The molecule has 0 saturated heterocycles. The van der Waals surface area contributed by atoms with Crippen molar-refractivity contribution in [2.75, 3.05) is 5.73 Å². The number of primary amides is 1. The average molecular weight is 216 g/mol. The molecule has 0 spiro atoms. The summed E-state index contributed by atoms with van der Waals surface area (Å²) in [6.45, 7) is 1.89. The van der Waals surface area contributed by atoms with Crippen molar-refractivity contribution in [3.05, 3.63) is 41.6 Å². The Balaban J connectivity index is 2.47. The first-order valence-corrected chi connectivity index (χ1v) is 4.80. The molecule has 0 fully saturated rings. The fraction of sp³-hybridized carbons (Fsp3) is 0.0909. The Morgan fingerprint density at radius 2 is 2.12 bits per heavy atom. The van der Waals surface area contributed by atoms with E-state index >= 15 is 0 Å². The Morgan fingerprint density at radius 3 is 2.62 bits per heavy atom. The number of hydrogen-bond donors (Lipinski definition) is 2. The number of aryl methyl sites for hydroxylation is 1. The molecule has 0 saturated carbocycles. The van der Waals surface area contributed by atoms with E-state index in [9.17, 15) is 4.79 Å². The molecule has 2 rings (SSSR count). The van der Waals surface area contributed by atoms with E-state index in [1.54, 1.807) is 35.1 Å². The molecule has 5 heteroatoms. The van der Waals surface area contributed by atoms with Gasteiger partial charge in [-0.15, -0.1) is 0 Å². The first-order chi connectivity index (χ1) is 7.58. The number of nitrogen functional groups attached to an aromatic ring is 1. The largest absolute Gasteiger partial charge is 0.382 e. The van der Waals surface area contributed by atoms with Crippen LogP contribution in [0.5, 0.6) is 0 Å². The van der Waals surface area contributed by atoms with Gasteiger partial charge in [-0.1, -0.05) is 0 Å². The summed E-state index contributed by atoms with van der Waals surface area (Å²) in [5.74, 6) is 0.0213. The summed E-state index contributed by atoms with van der Waals surface area (Å²) in [5.41, 5.74) is 13.0. The van der Waals surface area contributed by atoms with Gasteiger partial charge < -0.3 is 11.5 Å². The molecular weight excluding hydrogens is 204 g/mol. The molecule has 2 aromatic rings. The molecular formula is C11H12N4O. The van der Waals surface area contributed by atoms with Crippen molar-refractivity contribution < 1.29 is 4.79 Å². The number of rotatable bonds is 2. The van der Waals surface area contributed by atoms with Crippen LogP contribution in [0.3, 0.4) is 0 Å². The maximum absolute atomic E-state index is 11.0.